The van der Waals surface area contributed by atoms with Crippen molar-refractivity contribution < 1.29 is 4.79 Å². The van der Waals surface area contributed by atoms with Gasteiger partial charge in [-0.2, -0.15) is 0 Å². The van der Waals surface area contributed by atoms with E-state index < -0.39 is 0 Å². The number of nitrogens with two attached hydrogens (primary N) is 1. The molecule has 4 rings (SSSR count). The molecule has 0 saturated carbocycles. The first-order chi connectivity index (χ1) is 13.9. The Morgan fingerprint density at radius 3 is 2.79 bits per heavy atom. The van der Waals surface area contributed by atoms with Gasteiger partial charge in [0.2, 0.25) is 5.91 Å². The molecule has 1 aliphatic carbocycles. The number of hydrogen-bond donors (Lipinski definition) is 2. The van der Waals surface area contributed by atoms with Crippen LogP contribution in [-0.2, 0) is 24.2 Å². The van der Waals surface area contributed by atoms with E-state index in [1.54, 1.807) is 11.8 Å². The average molecular weight is 411 g/mol. The number of nitrogens with one attached hydrogen (secondary N) is 1. The number of aromatic nitrogens is 4. The third kappa shape index (κ3) is 4.07. The summed E-state index contributed by atoms with van der Waals surface area (Å²) in [6.45, 7) is 6.53. The lowest BCUT2D eigenvalue weighted by molar-refractivity contribution is -0.121. The van der Waals surface area contributed by atoms with Gasteiger partial charge in [-0.1, -0.05) is 17.8 Å². The number of anilines is 1. The van der Waals surface area contributed by atoms with E-state index in [0.717, 1.165) is 18.0 Å². The molecule has 0 saturated heterocycles. The number of hydrogen-bond acceptors (Lipinski definition) is 6. The van der Waals surface area contributed by atoms with Gasteiger partial charge in [-0.15, -0.1) is 0 Å². The molecule has 29 heavy (non-hydrogen) atoms. The predicted octanol–water partition coefficient (Wildman–Crippen LogP) is 3.27. The third-order valence-electron chi connectivity index (χ3n) is 5.13. The number of imidazole rings is 1. The molecule has 1 amide bonds. The van der Waals surface area contributed by atoms with Crippen LogP contribution in [0.25, 0.3) is 11.2 Å². The molecule has 1 aromatic carbocycles. The summed E-state index contributed by atoms with van der Waals surface area (Å²) in [6.07, 6.45) is 5.31. The van der Waals surface area contributed by atoms with Crippen LogP contribution in [0.5, 0.6) is 0 Å². The molecule has 1 aliphatic rings. The summed E-state index contributed by atoms with van der Waals surface area (Å²) in [6, 6.07) is 4.69. The molecule has 7 nitrogen and oxygen atoms in total. The van der Waals surface area contributed by atoms with E-state index >= 15 is 0 Å². The molecule has 2 aromatic heterocycles. The predicted molar refractivity (Wildman–Crippen MR) is 115 cm³/mol. The fraction of sp³-hybridized carbons (Fsp3) is 0.429. The second-order valence-electron chi connectivity index (χ2n) is 7.79. The van der Waals surface area contributed by atoms with Crippen molar-refractivity contribution in [3.05, 3.63) is 35.2 Å². The zero-order valence-electron chi connectivity index (χ0n) is 17.0. The van der Waals surface area contributed by atoms with Gasteiger partial charge in [0.1, 0.15) is 6.33 Å². The number of amides is 1. The second-order valence-corrected chi connectivity index (χ2v) is 8.80. The van der Waals surface area contributed by atoms with Crippen LogP contribution in [0.15, 0.2) is 28.5 Å². The zero-order valence-corrected chi connectivity index (χ0v) is 17.8. The van der Waals surface area contributed by atoms with E-state index in [2.05, 4.69) is 34.3 Å². The molecule has 3 N–H and O–H groups in total. The highest BCUT2D eigenvalue weighted by molar-refractivity contribution is 7.99. The molecule has 152 valence electrons. The Balaban J connectivity index is 1.68. The quantitative estimate of drug-likeness (QED) is 0.647. The average Bonchev–Trinajstić information content (AvgIpc) is 3.24. The van der Waals surface area contributed by atoms with E-state index in [0.29, 0.717) is 29.9 Å². The van der Waals surface area contributed by atoms with Crippen molar-refractivity contribution in [1.29, 1.82) is 0 Å². The van der Waals surface area contributed by atoms with Crippen molar-refractivity contribution >= 4 is 34.7 Å². The normalized spacial score (nSPS) is 13.2. The van der Waals surface area contributed by atoms with E-state index in [9.17, 15) is 4.79 Å². The number of fused-ring (bicyclic) bond motifs is 2. The van der Waals surface area contributed by atoms with Gasteiger partial charge in [0.15, 0.2) is 22.1 Å². The maximum atomic E-state index is 12.2. The topological polar surface area (TPSA) is 98.7 Å². The van der Waals surface area contributed by atoms with E-state index in [1.807, 2.05) is 18.4 Å². The molecule has 0 spiro atoms. The lowest BCUT2D eigenvalue weighted by atomic mass is 10.1. The summed E-state index contributed by atoms with van der Waals surface area (Å²) in [5, 5.41) is 3.72. The number of rotatable bonds is 6. The number of nitrogen functional groups attached to an aromatic ring is 1. The first-order valence-electron chi connectivity index (χ1n) is 9.98. The van der Waals surface area contributed by atoms with Crippen molar-refractivity contribution in [2.75, 3.05) is 5.73 Å². The fourth-order valence-corrected chi connectivity index (χ4v) is 4.80. The minimum atomic E-state index is 0.00791. The summed E-state index contributed by atoms with van der Waals surface area (Å²) in [7, 11) is 0. The van der Waals surface area contributed by atoms with E-state index in [4.69, 9.17) is 10.7 Å². The Labute approximate surface area is 174 Å². The van der Waals surface area contributed by atoms with Crippen LogP contribution in [0, 0.1) is 6.92 Å². The standard InChI is InChI=1S/C21H26N6OS/c1-12(2)25-17(28)7-8-27-20-18(19(22)23-11-24-20)26-21(27)29-16-10-15-6-4-5-14(15)9-13(16)3/h9-12H,4-8H2,1-3H3,(H,25,28)(H2,22,23,24). The van der Waals surface area contributed by atoms with E-state index in [-0.39, 0.29) is 11.9 Å². The number of benzene rings is 1. The zero-order chi connectivity index (χ0) is 20.5. The van der Waals surface area contributed by atoms with Gasteiger partial charge in [-0.3, -0.25) is 4.79 Å². The summed E-state index contributed by atoms with van der Waals surface area (Å²) >= 11 is 1.60. The lowest BCUT2D eigenvalue weighted by Crippen LogP contribution is -2.30. The number of carbonyl (C=O) groups is 1. The first-order valence-corrected chi connectivity index (χ1v) is 10.8. The van der Waals surface area contributed by atoms with Crippen LogP contribution in [0.3, 0.4) is 0 Å². The lowest BCUT2D eigenvalue weighted by Gasteiger charge is -2.12. The molecule has 0 radical (unpaired) electrons. The molecule has 0 bridgehead atoms. The van der Waals surface area contributed by atoms with Gasteiger partial charge in [0, 0.05) is 23.9 Å². The smallest absolute Gasteiger partial charge is 0.221 e. The van der Waals surface area contributed by atoms with Crippen molar-refractivity contribution in [3.8, 4) is 0 Å². The number of aryl methyl sites for hydroxylation is 4. The fourth-order valence-electron chi connectivity index (χ4n) is 3.75. The molecule has 2 heterocycles. The molecular weight excluding hydrogens is 384 g/mol. The minimum Gasteiger partial charge on any atom is -0.382 e. The van der Waals surface area contributed by atoms with Crippen LogP contribution in [0.4, 0.5) is 5.82 Å². The van der Waals surface area contributed by atoms with Gasteiger partial charge < -0.3 is 15.6 Å². The van der Waals surface area contributed by atoms with Gasteiger partial charge in [-0.25, -0.2) is 15.0 Å². The Hall–Kier alpha value is -2.61. The Morgan fingerprint density at radius 1 is 1.28 bits per heavy atom. The maximum absolute atomic E-state index is 12.2. The van der Waals surface area contributed by atoms with Crippen molar-refractivity contribution in [3.63, 3.8) is 0 Å². The van der Waals surface area contributed by atoms with Gasteiger partial charge in [-0.05, 0) is 62.8 Å². The van der Waals surface area contributed by atoms with Crippen LogP contribution in [0.1, 0.15) is 43.4 Å². The SMILES string of the molecule is Cc1cc2c(cc1Sc1nc3c(N)ncnc3n1CCC(=O)NC(C)C)CCC2. The van der Waals surface area contributed by atoms with Crippen molar-refractivity contribution in [1.82, 2.24) is 24.8 Å². The summed E-state index contributed by atoms with van der Waals surface area (Å²) in [5.41, 5.74) is 11.4. The van der Waals surface area contributed by atoms with Crippen LogP contribution in [0.2, 0.25) is 0 Å². The first kappa shape index (κ1) is 19.7. The van der Waals surface area contributed by atoms with Crippen LogP contribution >= 0.6 is 11.8 Å². The molecule has 0 aliphatic heterocycles. The molecular formula is C21H26N6OS. The monoisotopic (exact) mass is 410 g/mol. The van der Waals surface area contributed by atoms with Gasteiger partial charge >= 0.3 is 0 Å². The van der Waals surface area contributed by atoms with Crippen LogP contribution in [-0.4, -0.2) is 31.5 Å². The minimum absolute atomic E-state index is 0.00791. The maximum Gasteiger partial charge on any atom is 0.221 e. The summed E-state index contributed by atoms with van der Waals surface area (Å²) in [5.74, 6) is 0.362. The van der Waals surface area contributed by atoms with Crippen molar-refractivity contribution in [2.45, 2.75) is 69.1 Å². The number of nitrogens with zero attached hydrogens (tertiary/aromatic N) is 4. The Morgan fingerprint density at radius 2 is 2.03 bits per heavy atom. The highest BCUT2D eigenvalue weighted by Crippen LogP contribution is 2.36. The molecule has 3 aromatic rings. The van der Waals surface area contributed by atoms with E-state index in [1.165, 1.54) is 34.3 Å². The van der Waals surface area contributed by atoms with Crippen LogP contribution < -0.4 is 11.1 Å². The molecule has 0 atom stereocenters. The van der Waals surface area contributed by atoms with Gasteiger partial charge in [0.05, 0.1) is 0 Å². The Kier molecular flexibility index (Phi) is 5.45. The highest BCUT2D eigenvalue weighted by atomic mass is 32.2. The largest absolute Gasteiger partial charge is 0.382 e. The molecule has 0 unspecified atom stereocenters. The molecule has 8 heteroatoms. The van der Waals surface area contributed by atoms with Gasteiger partial charge in [0.25, 0.3) is 0 Å². The second kappa shape index (κ2) is 8.02. The molecule has 0 fully saturated rings. The third-order valence-corrected chi connectivity index (χ3v) is 6.28. The summed E-state index contributed by atoms with van der Waals surface area (Å²) < 4.78 is 1.98. The summed E-state index contributed by atoms with van der Waals surface area (Å²) in [4.78, 5) is 26.6. The Bertz CT molecular complexity index is 1070. The number of carbonyl (C=O) groups excluding carboxylic acids is 1. The van der Waals surface area contributed by atoms with Crippen molar-refractivity contribution in [2.24, 2.45) is 0 Å². The highest BCUT2D eigenvalue weighted by Gasteiger charge is 2.19.